The van der Waals surface area contributed by atoms with E-state index < -0.39 is 0 Å². The van der Waals surface area contributed by atoms with E-state index in [4.69, 9.17) is 4.99 Å². The first-order chi connectivity index (χ1) is 17.6. The van der Waals surface area contributed by atoms with Crippen molar-refractivity contribution in [2.45, 2.75) is 34.4 Å². The highest BCUT2D eigenvalue weighted by Crippen LogP contribution is 2.70. The molecule has 2 heterocycles. The Morgan fingerprint density at radius 3 is 1.86 bits per heavy atom. The lowest BCUT2D eigenvalue weighted by Gasteiger charge is -2.42. The Morgan fingerprint density at radius 1 is 0.722 bits per heavy atom. The number of aliphatic imine (C=N–C) groups is 1. The maximum atomic E-state index is 5.59. The number of rotatable bonds is 5. The fourth-order valence-corrected chi connectivity index (χ4v) is 9.63. The number of benzene rings is 4. The lowest BCUT2D eigenvalue weighted by Crippen LogP contribution is -2.48. The first-order valence-corrected chi connectivity index (χ1v) is 14.2. The van der Waals surface area contributed by atoms with Crippen LogP contribution in [0.5, 0.6) is 0 Å². The van der Waals surface area contributed by atoms with E-state index in [2.05, 4.69) is 152 Å². The zero-order valence-corrected chi connectivity index (χ0v) is 22.3. The minimum Gasteiger partial charge on any atom is -0.281 e. The van der Waals surface area contributed by atoms with Crippen molar-refractivity contribution in [3.05, 3.63) is 144 Å². The topological polar surface area (TPSA) is 15.6 Å². The third-order valence-electron chi connectivity index (χ3n) is 7.38. The average molecular weight is 507 g/mol. The van der Waals surface area contributed by atoms with Gasteiger partial charge in [0.2, 0.25) is 0 Å². The van der Waals surface area contributed by atoms with Gasteiger partial charge in [0.25, 0.3) is 0 Å². The van der Waals surface area contributed by atoms with Gasteiger partial charge in [-0.05, 0) is 37.1 Å². The second-order valence-electron chi connectivity index (χ2n) is 9.85. The lowest BCUT2D eigenvalue weighted by molar-refractivity contribution is 0.210. The summed E-state index contributed by atoms with van der Waals surface area (Å²) in [5.74, 6) is 0. The van der Waals surface area contributed by atoms with Gasteiger partial charge in [-0.1, -0.05) is 133 Å². The largest absolute Gasteiger partial charge is 0.281 e. The summed E-state index contributed by atoms with van der Waals surface area (Å²) in [6, 6.07) is 43.8. The van der Waals surface area contributed by atoms with E-state index in [1.54, 1.807) is 0 Å². The standard InChI is InChI=1S/C32H30N2S2/c1-31(23-24-15-7-3-8-16-24)32(35-29(33-31)26-19-11-5-12-20-26)28(25-17-9-4-10-18-25)34(2)30(36-32)27-21-13-6-14-22-27/h3-22,28,30H,23H2,1-2H3/t28?,30-,31-,32-/m1/s1. The molecule has 2 nitrogen and oxygen atoms in total. The third kappa shape index (κ3) is 4.02. The Kier molecular flexibility index (Phi) is 6.28. The van der Waals surface area contributed by atoms with Crippen molar-refractivity contribution >= 4 is 28.6 Å². The Morgan fingerprint density at radius 2 is 1.25 bits per heavy atom. The van der Waals surface area contributed by atoms with Gasteiger partial charge < -0.3 is 0 Å². The van der Waals surface area contributed by atoms with Crippen molar-refractivity contribution < 1.29 is 0 Å². The van der Waals surface area contributed by atoms with Crippen molar-refractivity contribution in [3.8, 4) is 0 Å². The first kappa shape index (κ1) is 23.6. The molecule has 0 saturated carbocycles. The monoisotopic (exact) mass is 506 g/mol. The summed E-state index contributed by atoms with van der Waals surface area (Å²) in [5.41, 5.74) is 4.92. The number of hydrogen-bond acceptors (Lipinski definition) is 4. The molecule has 0 radical (unpaired) electrons. The van der Waals surface area contributed by atoms with Crippen molar-refractivity contribution in [2.24, 2.45) is 4.99 Å². The molecule has 0 bridgehead atoms. The molecular formula is C32H30N2S2. The van der Waals surface area contributed by atoms with Crippen LogP contribution < -0.4 is 0 Å². The second kappa shape index (κ2) is 9.59. The van der Waals surface area contributed by atoms with E-state index in [1.807, 2.05) is 11.8 Å². The molecular weight excluding hydrogens is 477 g/mol. The maximum Gasteiger partial charge on any atom is 0.114 e. The molecule has 0 aliphatic carbocycles. The van der Waals surface area contributed by atoms with Crippen LogP contribution in [-0.4, -0.2) is 26.6 Å². The maximum absolute atomic E-state index is 5.59. The van der Waals surface area contributed by atoms with E-state index >= 15 is 0 Å². The number of hydrogen-bond donors (Lipinski definition) is 0. The van der Waals surface area contributed by atoms with Crippen molar-refractivity contribution in [3.63, 3.8) is 0 Å². The average Bonchev–Trinajstić information content (AvgIpc) is 3.39. The van der Waals surface area contributed by atoms with Gasteiger partial charge in [0.1, 0.15) is 4.08 Å². The molecule has 1 fully saturated rings. The van der Waals surface area contributed by atoms with E-state index in [9.17, 15) is 0 Å². The summed E-state index contributed by atoms with van der Waals surface area (Å²) in [6.45, 7) is 2.38. The van der Waals surface area contributed by atoms with Gasteiger partial charge >= 0.3 is 0 Å². The Hall–Kier alpha value is -2.79. The van der Waals surface area contributed by atoms with Crippen LogP contribution in [0.4, 0.5) is 0 Å². The first-order valence-electron chi connectivity index (χ1n) is 12.5. The van der Waals surface area contributed by atoms with Crippen LogP contribution >= 0.6 is 23.5 Å². The highest BCUT2D eigenvalue weighted by Gasteiger charge is 2.65. The van der Waals surface area contributed by atoms with Crippen LogP contribution in [0.3, 0.4) is 0 Å². The zero-order valence-electron chi connectivity index (χ0n) is 20.6. The number of thioether (sulfide) groups is 2. The van der Waals surface area contributed by atoms with Gasteiger partial charge in [0.05, 0.1) is 22.0 Å². The van der Waals surface area contributed by atoms with Crippen LogP contribution in [0.15, 0.2) is 126 Å². The predicted octanol–water partition coefficient (Wildman–Crippen LogP) is 8.00. The van der Waals surface area contributed by atoms with Gasteiger partial charge in [-0.3, -0.25) is 9.89 Å². The van der Waals surface area contributed by atoms with Crippen LogP contribution in [0.2, 0.25) is 0 Å². The Labute approximate surface area is 222 Å². The zero-order chi connectivity index (χ0) is 24.6. The van der Waals surface area contributed by atoms with Gasteiger partial charge in [0, 0.05) is 5.56 Å². The molecule has 0 amide bonds. The third-order valence-corrected chi connectivity index (χ3v) is 11.2. The molecule has 36 heavy (non-hydrogen) atoms. The Bertz CT molecular complexity index is 1340. The predicted molar refractivity (Wildman–Crippen MR) is 156 cm³/mol. The summed E-state index contributed by atoms with van der Waals surface area (Å²) < 4.78 is -0.204. The van der Waals surface area contributed by atoms with Gasteiger partial charge in [0.15, 0.2) is 0 Å². The molecule has 2 aliphatic heterocycles. The van der Waals surface area contributed by atoms with Crippen LogP contribution in [0, 0.1) is 0 Å². The molecule has 1 unspecified atom stereocenters. The summed E-state index contributed by atoms with van der Waals surface area (Å²) in [5, 5.41) is 1.38. The van der Waals surface area contributed by atoms with Crippen molar-refractivity contribution in [1.29, 1.82) is 0 Å². The normalized spacial score (nSPS) is 27.9. The molecule has 1 spiro atoms. The second-order valence-corrected chi connectivity index (χ2v) is 12.7. The van der Waals surface area contributed by atoms with Crippen molar-refractivity contribution in [1.82, 2.24) is 4.90 Å². The quantitative estimate of drug-likeness (QED) is 0.273. The molecule has 6 rings (SSSR count). The fourth-order valence-electron chi connectivity index (χ4n) is 5.67. The molecule has 0 aromatic heterocycles. The van der Waals surface area contributed by atoms with E-state index in [-0.39, 0.29) is 21.0 Å². The Balaban J connectivity index is 1.53. The van der Waals surface area contributed by atoms with Crippen LogP contribution in [-0.2, 0) is 6.42 Å². The highest BCUT2D eigenvalue weighted by molar-refractivity contribution is 8.27. The molecule has 1 saturated heterocycles. The van der Waals surface area contributed by atoms with Crippen molar-refractivity contribution in [2.75, 3.05) is 7.05 Å². The molecule has 4 heteroatoms. The lowest BCUT2D eigenvalue weighted by atomic mass is 9.83. The highest BCUT2D eigenvalue weighted by atomic mass is 32.2. The minimum atomic E-state index is -0.312. The molecule has 180 valence electrons. The SMILES string of the molecule is CN1C(c2ccccc2)[C@@]2(SC(c3ccccc3)=N[C@]2(C)Cc2ccccc2)S[C@@H]1c1ccccc1. The van der Waals surface area contributed by atoms with Gasteiger partial charge in [-0.25, -0.2) is 0 Å². The number of nitrogens with zero attached hydrogens (tertiary/aromatic N) is 2. The van der Waals surface area contributed by atoms with Gasteiger partial charge in [-0.2, -0.15) is 0 Å². The molecule has 0 N–H and O–H groups in total. The summed E-state index contributed by atoms with van der Waals surface area (Å²) in [7, 11) is 2.29. The molecule has 4 aromatic rings. The smallest absolute Gasteiger partial charge is 0.114 e. The van der Waals surface area contributed by atoms with E-state index in [0.717, 1.165) is 11.5 Å². The molecule has 4 atom stereocenters. The van der Waals surface area contributed by atoms with Crippen LogP contribution in [0.25, 0.3) is 0 Å². The summed E-state index contributed by atoms with van der Waals surface area (Å²) in [6.07, 6.45) is 0.892. The molecule has 2 aliphatic rings. The summed E-state index contributed by atoms with van der Waals surface area (Å²) in [4.78, 5) is 8.17. The fraction of sp³-hybridized carbons (Fsp3) is 0.219. The minimum absolute atomic E-state index is 0.192. The van der Waals surface area contributed by atoms with Gasteiger partial charge in [-0.15, -0.1) is 11.8 Å². The summed E-state index contributed by atoms with van der Waals surface area (Å²) >= 11 is 4.06. The molecule has 4 aromatic carbocycles. The van der Waals surface area contributed by atoms with E-state index in [1.165, 1.54) is 22.3 Å². The van der Waals surface area contributed by atoms with E-state index in [0.29, 0.717) is 0 Å². The van der Waals surface area contributed by atoms with Crippen LogP contribution in [0.1, 0.15) is 40.6 Å².